The third kappa shape index (κ3) is 3.64. The van der Waals surface area contributed by atoms with Gasteiger partial charge >= 0.3 is 0 Å². The van der Waals surface area contributed by atoms with Crippen LogP contribution in [-0.2, 0) is 0 Å². The van der Waals surface area contributed by atoms with Gasteiger partial charge in [-0.25, -0.2) is 0 Å². The first kappa shape index (κ1) is 11.5. The van der Waals surface area contributed by atoms with E-state index in [9.17, 15) is 0 Å². The highest BCUT2D eigenvalue weighted by Gasteiger charge is 2.18. The van der Waals surface area contributed by atoms with Crippen molar-refractivity contribution in [2.24, 2.45) is 5.92 Å². The number of aliphatic hydroxyl groups is 1. The van der Waals surface area contributed by atoms with Crippen molar-refractivity contribution in [1.29, 1.82) is 0 Å². The molecule has 0 bridgehead atoms. The van der Waals surface area contributed by atoms with Crippen LogP contribution >= 0.6 is 0 Å². The summed E-state index contributed by atoms with van der Waals surface area (Å²) in [5, 5.41) is 12.5. The second-order valence-corrected chi connectivity index (χ2v) is 4.10. The van der Waals surface area contributed by atoms with E-state index in [2.05, 4.69) is 31.0 Å². The average molecular weight is 195 g/mol. The molecule has 0 aliphatic heterocycles. The van der Waals surface area contributed by atoms with Crippen molar-refractivity contribution in [1.82, 2.24) is 5.32 Å². The minimum atomic E-state index is 0.274. The Kier molecular flexibility index (Phi) is 4.91. The lowest BCUT2D eigenvalue weighted by Crippen LogP contribution is -2.34. The van der Waals surface area contributed by atoms with Crippen LogP contribution in [0.5, 0.6) is 0 Å². The lowest BCUT2D eigenvalue weighted by atomic mass is 10.1. The number of hydrogen-bond acceptors (Lipinski definition) is 2. The van der Waals surface area contributed by atoms with Crippen LogP contribution in [0.15, 0.2) is 24.8 Å². The molecule has 1 rings (SSSR count). The number of rotatable bonds is 6. The molecular formula is C12H21NO. The van der Waals surface area contributed by atoms with E-state index in [0.717, 1.165) is 19.3 Å². The molecule has 0 heterocycles. The predicted molar refractivity (Wildman–Crippen MR) is 60.1 cm³/mol. The highest BCUT2D eigenvalue weighted by molar-refractivity contribution is 5.06. The quantitative estimate of drug-likeness (QED) is 0.634. The Morgan fingerprint density at radius 3 is 3.00 bits per heavy atom. The van der Waals surface area contributed by atoms with Gasteiger partial charge in [0.15, 0.2) is 0 Å². The van der Waals surface area contributed by atoms with E-state index in [0.29, 0.717) is 18.0 Å². The Morgan fingerprint density at radius 1 is 1.64 bits per heavy atom. The summed E-state index contributed by atoms with van der Waals surface area (Å²) in [7, 11) is 0. The Balaban J connectivity index is 2.19. The van der Waals surface area contributed by atoms with E-state index < -0.39 is 0 Å². The molecule has 0 radical (unpaired) electrons. The summed E-state index contributed by atoms with van der Waals surface area (Å²) in [6, 6.07) is 0.979. The van der Waals surface area contributed by atoms with Crippen LogP contribution in [0.4, 0.5) is 0 Å². The molecule has 0 aromatic carbocycles. The molecule has 1 aliphatic rings. The summed E-state index contributed by atoms with van der Waals surface area (Å²) >= 11 is 0. The van der Waals surface area contributed by atoms with Gasteiger partial charge < -0.3 is 10.4 Å². The van der Waals surface area contributed by atoms with Crippen molar-refractivity contribution < 1.29 is 5.11 Å². The van der Waals surface area contributed by atoms with E-state index in [1.807, 2.05) is 6.08 Å². The highest BCUT2D eigenvalue weighted by Crippen LogP contribution is 2.17. The molecule has 0 fully saturated rings. The fraction of sp³-hybridized carbons (Fsp3) is 0.667. The van der Waals surface area contributed by atoms with Gasteiger partial charge in [0.25, 0.3) is 0 Å². The Hall–Kier alpha value is -0.600. The van der Waals surface area contributed by atoms with E-state index in [1.54, 1.807) is 0 Å². The first-order valence-corrected chi connectivity index (χ1v) is 5.42. The summed E-state index contributed by atoms with van der Waals surface area (Å²) in [6.07, 6.45) is 9.48. The maximum atomic E-state index is 8.97. The third-order valence-electron chi connectivity index (χ3n) is 2.71. The van der Waals surface area contributed by atoms with Crippen LogP contribution in [0, 0.1) is 5.92 Å². The maximum Gasteiger partial charge on any atom is 0.0494 e. The molecule has 2 heteroatoms. The molecule has 2 nitrogen and oxygen atoms in total. The molecule has 0 saturated carbocycles. The smallest absolute Gasteiger partial charge is 0.0494 e. The Bertz CT molecular complexity index is 200. The zero-order chi connectivity index (χ0) is 10.4. The standard InChI is InChI=1S/C12H21NO/c1-3-4-5-10(2)13-12-7-6-11(8-12)9-14/h3,6-7,10-14H,1,4-5,8-9H2,2H3/t10?,11-,12+/m0/s1. The first-order chi connectivity index (χ1) is 6.76. The van der Waals surface area contributed by atoms with Gasteiger partial charge in [-0.1, -0.05) is 18.2 Å². The van der Waals surface area contributed by atoms with Gasteiger partial charge in [-0.2, -0.15) is 0 Å². The highest BCUT2D eigenvalue weighted by atomic mass is 16.3. The van der Waals surface area contributed by atoms with Crippen LogP contribution in [-0.4, -0.2) is 23.8 Å². The number of allylic oxidation sites excluding steroid dienone is 1. The van der Waals surface area contributed by atoms with Crippen LogP contribution in [0.25, 0.3) is 0 Å². The summed E-state index contributed by atoms with van der Waals surface area (Å²) in [6.45, 7) is 6.19. The SMILES string of the molecule is C=CCCC(C)N[C@@H]1C=C[C@H](CO)C1. The monoisotopic (exact) mass is 195 g/mol. The predicted octanol–water partition coefficient (Wildman–Crippen LogP) is 1.87. The molecule has 1 unspecified atom stereocenters. The van der Waals surface area contributed by atoms with Gasteiger partial charge in [0.2, 0.25) is 0 Å². The van der Waals surface area contributed by atoms with Crippen molar-refractivity contribution in [3.63, 3.8) is 0 Å². The zero-order valence-corrected chi connectivity index (χ0v) is 8.95. The molecule has 0 saturated heterocycles. The van der Waals surface area contributed by atoms with Gasteiger partial charge in [-0.15, -0.1) is 6.58 Å². The molecule has 0 aromatic heterocycles. The van der Waals surface area contributed by atoms with Gasteiger partial charge in [0, 0.05) is 24.6 Å². The molecule has 0 spiro atoms. The number of hydrogen-bond donors (Lipinski definition) is 2. The van der Waals surface area contributed by atoms with Gasteiger partial charge in [-0.05, 0) is 26.2 Å². The molecule has 2 N–H and O–H groups in total. The third-order valence-corrected chi connectivity index (χ3v) is 2.71. The van der Waals surface area contributed by atoms with Crippen LogP contribution < -0.4 is 5.32 Å². The lowest BCUT2D eigenvalue weighted by Gasteiger charge is -2.18. The summed E-state index contributed by atoms with van der Waals surface area (Å²) < 4.78 is 0. The summed E-state index contributed by atoms with van der Waals surface area (Å²) in [5.41, 5.74) is 0. The van der Waals surface area contributed by atoms with E-state index in [-0.39, 0.29) is 6.61 Å². The van der Waals surface area contributed by atoms with Gasteiger partial charge in [0.05, 0.1) is 0 Å². The minimum Gasteiger partial charge on any atom is -0.396 e. The van der Waals surface area contributed by atoms with Crippen LogP contribution in [0.1, 0.15) is 26.2 Å². The normalized spacial score (nSPS) is 27.9. The molecule has 80 valence electrons. The van der Waals surface area contributed by atoms with Crippen molar-refractivity contribution >= 4 is 0 Å². The minimum absolute atomic E-state index is 0.274. The number of nitrogens with one attached hydrogen (secondary N) is 1. The van der Waals surface area contributed by atoms with Crippen molar-refractivity contribution in [2.75, 3.05) is 6.61 Å². The first-order valence-electron chi connectivity index (χ1n) is 5.42. The summed E-state index contributed by atoms with van der Waals surface area (Å²) in [4.78, 5) is 0. The van der Waals surface area contributed by atoms with E-state index in [1.165, 1.54) is 0 Å². The van der Waals surface area contributed by atoms with Gasteiger partial charge in [0.1, 0.15) is 0 Å². The molecular weight excluding hydrogens is 174 g/mol. The molecule has 1 aliphatic carbocycles. The van der Waals surface area contributed by atoms with Crippen molar-refractivity contribution in [3.05, 3.63) is 24.8 Å². The topological polar surface area (TPSA) is 32.3 Å². The molecule has 0 amide bonds. The second kappa shape index (κ2) is 5.99. The molecule has 14 heavy (non-hydrogen) atoms. The molecule has 0 aromatic rings. The van der Waals surface area contributed by atoms with Crippen molar-refractivity contribution in [3.8, 4) is 0 Å². The van der Waals surface area contributed by atoms with E-state index >= 15 is 0 Å². The van der Waals surface area contributed by atoms with Crippen molar-refractivity contribution in [2.45, 2.75) is 38.3 Å². The van der Waals surface area contributed by atoms with Crippen LogP contribution in [0.2, 0.25) is 0 Å². The second-order valence-electron chi connectivity index (χ2n) is 4.10. The fourth-order valence-electron chi connectivity index (χ4n) is 1.85. The molecule has 3 atom stereocenters. The summed E-state index contributed by atoms with van der Waals surface area (Å²) in [5.74, 6) is 0.360. The average Bonchev–Trinajstić information content (AvgIpc) is 2.62. The van der Waals surface area contributed by atoms with Crippen LogP contribution in [0.3, 0.4) is 0 Å². The van der Waals surface area contributed by atoms with Gasteiger partial charge in [-0.3, -0.25) is 0 Å². The Labute approximate surface area is 86.7 Å². The number of aliphatic hydroxyl groups excluding tert-OH is 1. The maximum absolute atomic E-state index is 8.97. The van der Waals surface area contributed by atoms with E-state index in [4.69, 9.17) is 5.11 Å². The largest absolute Gasteiger partial charge is 0.396 e. The fourth-order valence-corrected chi connectivity index (χ4v) is 1.85. The lowest BCUT2D eigenvalue weighted by molar-refractivity contribution is 0.244. The zero-order valence-electron chi connectivity index (χ0n) is 8.95. The Morgan fingerprint density at radius 2 is 2.43 bits per heavy atom.